The average Bonchev–Trinajstić information content (AvgIpc) is 2.57. The Labute approximate surface area is 80.8 Å². The number of aromatic nitrogens is 3. The molecule has 0 aliphatic carbocycles. The van der Waals surface area contributed by atoms with Crippen LogP contribution in [-0.2, 0) is 6.54 Å². The number of nitrogens with two attached hydrogens (primary N) is 1. The summed E-state index contributed by atoms with van der Waals surface area (Å²) in [6.45, 7) is 2.40. The topological polar surface area (TPSA) is 65.3 Å². The van der Waals surface area contributed by atoms with Gasteiger partial charge in [-0.15, -0.1) is 0 Å². The van der Waals surface area contributed by atoms with Crippen LogP contribution >= 0.6 is 0 Å². The Kier molecular flexibility index (Phi) is 2.09. The highest BCUT2D eigenvalue weighted by Gasteiger charge is 2.03. The zero-order valence-electron chi connectivity index (χ0n) is 7.92. The van der Waals surface area contributed by atoms with Crippen molar-refractivity contribution in [2.45, 2.75) is 19.5 Å². The zero-order valence-corrected chi connectivity index (χ0v) is 7.92. The van der Waals surface area contributed by atoms with E-state index in [1.54, 1.807) is 33.7 Å². The van der Waals surface area contributed by atoms with Crippen molar-refractivity contribution in [2.75, 3.05) is 0 Å². The lowest BCUT2D eigenvalue weighted by Crippen LogP contribution is -2.30. The van der Waals surface area contributed by atoms with Crippen molar-refractivity contribution >= 4 is 5.52 Å². The molecule has 5 heteroatoms. The van der Waals surface area contributed by atoms with Gasteiger partial charge in [0.05, 0.1) is 6.20 Å². The molecule has 0 radical (unpaired) electrons. The molecular formula is C9H12N4O. The van der Waals surface area contributed by atoms with Crippen molar-refractivity contribution in [3.8, 4) is 0 Å². The van der Waals surface area contributed by atoms with Crippen LogP contribution in [0.1, 0.15) is 6.92 Å². The molecule has 14 heavy (non-hydrogen) atoms. The smallest absolute Gasteiger partial charge is 0.276 e. The summed E-state index contributed by atoms with van der Waals surface area (Å²) in [7, 11) is 0. The highest BCUT2D eigenvalue weighted by atomic mass is 16.1. The molecule has 0 aliphatic heterocycles. The van der Waals surface area contributed by atoms with E-state index < -0.39 is 0 Å². The van der Waals surface area contributed by atoms with Crippen molar-refractivity contribution in [3.05, 3.63) is 35.0 Å². The van der Waals surface area contributed by atoms with Crippen molar-refractivity contribution in [1.29, 1.82) is 0 Å². The summed E-state index contributed by atoms with van der Waals surface area (Å²) in [6.07, 6.45) is 5.05. The standard InChI is InChI=1S/C9H12N4O/c1-7(10)6-12-4-5-13-8(9(12)14)2-3-11-13/h2-5,7H,6,10H2,1H3/t7-/m1/s1. The molecule has 0 fully saturated rings. The van der Waals surface area contributed by atoms with Gasteiger partial charge in [-0.2, -0.15) is 5.10 Å². The van der Waals surface area contributed by atoms with Gasteiger partial charge in [0, 0.05) is 25.0 Å². The first-order valence-corrected chi connectivity index (χ1v) is 4.47. The Morgan fingerprint density at radius 3 is 3.07 bits per heavy atom. The van der Waals surface area contributed by atoms with Gasteiger partial charge in [0.1, 0.15) is 5.52 Å². The Morgan fingerprint density at radius 2 is 2.36 bits per heavy atom. The monoisotopic (exact) mass is 192 g/mol. The molecule has 74 valence electrons. The van der Waals surface area contributed by atoms with Crippen LogP contribution in [0.3, 0.4) is 0 Å². The van der Waals surface area contributed by atoms with E-state index in [0.29, 0.717) is 12.1 Å². The van der Waals surface area contributed by atoms with Crippen LogP contribution < -0.4 is 11.3 Å². The highest BCUT2D eigenvalue weighted by Crippen LogP contribution is 1.94. The maximum absolute atomic E-state index is 11.8. The van der Waals surface area contributed by atoms with Gasteiger partial charge in [-0.25, -0.2) is 4.52 Å². The van der Waals surface area contributed by atoms with Crippen LogP contribution in [0.2, 0.25) is 0 Å². The SMILES string of the molecule is C[C@@H](N)Cn1ccn2nccc2c1=O. The predicted molar refractivity (Wildman–Crippen MR) is 53.1 cm³/mol. The number of rotatable bonds is 2. The quantitative estimate of drug-likeness (QED) is 0.719. The molecule has 0 saturated carbocycles. The molecule has 0 amide bonds. The summed E-state index contributed by atoms with van der Waals surface area (Å²) in [5.74, 6) is 0. The van der Waals surface area contributed by atoms with E-state index in [4.69, 9.17) is 5.73 Å². The van der Waals surface area contributed by atoms with E-state index in [1.807, 2.05) is 6.92 Å². The summed E-state index contributed by atoms with van der Waals surface area (Å²) in [6, 6.07) is 1.66. The third-order valence-corrected chi connectivity index (χ3v) is 2.02. The molecule has 0 spiro atoms. The van der Waals surface area contributed by atoms with Gasteiger partial charge in [0.25, 0.3) is 5.56 Å². The minimum atomic E-state index is -0.0534. The minimum absolute atomic E-state index is 0.0296. The summed E-state index contributed by atoms with van der Waals surface area (Å²) >= 11 is 0. The zero-order chi connectivity index (χ0) is 10.1. The Morgan fingerprint density at radius 1 is 1.57 bits per heavy atom. The number of hydrogen-bond acceptors (Lipinski definition) is 3. The molecule has 5 nitrogen and oxygen atoms in total. The molecule has 0 bridgehead atoms. The van der Waals surface area contributed by atoms with Crippen LogP contribution in [0.5, 0.6) is 0 Å². The fourth-order valence-electron chi connectivity index (χ4n) is 1.41. The highest BCUT2D eigenvalue weighted by molar-refractivity contribution is 5.42. The van der Waals surface area contributed by atoms with Crippen molar-refractivity contribution < 1.29 is 0 Å². The van der Waals surface area contributed by atoms with Crippen LogP contribution in [0.25, 0.3) is 5.52 Å². The van der Waals surface area contributed by atoms with Gasteiger partial charge < -0.3 is 10.3 Å². The normalized spacial score (nSPS) is 13.3. The largest absolute Gasteiger partial charge is 0.326 e. The van der Waals surface area contributed by atoms with Crippen LogP contribution in [0.4, 0.5) is 0 Å². The van der Waals surface area contributed by atoms with Crippen molar-refractivity contribution in [3.63, 3.8) is 0 Å². The first-order valence-electron chi connectivity index (χ1n) is 4.47. The van der Waals surface area contributed by atoms with Crippen molar-refractivity contribution in [2.24, 2.45) is 5.73 Å². The van der Waals surface area contributed by atoms with E-state index in [-0.39, 0.29) is 11.6 Å². The van der Waals surface area contributed by atoms with E-state index in [1.165, 1.54) is 0 Å². The lowest BCUT2D eigenvalue weighted by Gasteiger charge is -2.08. The maximum Gasteiger partial charge on any atom is 0.276 e. The van der Waals surface area contributed by atoms with Gasteiger partial charge in [-0.3, -0.25) is 4.79 Å². The third-order valence-electron chi connectivity index (χ3n) is 2.02. The van der Waals surface area contributed by atoms with Crippen LogP contribution in [0, 0.1) is 0 Å². The molecule has 0 unspecified atom stereocenters. The number of hydrogen-bond donors (Lipinski definition) is 1. The molecule has 0 aliphatic rings. The summed E-state index contributed by atoms with van der Waals surface area (Å²) in [5, 5.41) is 3.97. The van der Waals surface area contributed by atoms with Crippen LogP contribution in [-0.4, -0.2) is 20.2 Å². The van der Waals surface area contributed by atoms with Gasteiger partial charge >= 0.3 is 0 Å². The minimum Gasteiger partial charge on any atom is -0.326 e. The Bertz CT molecular complexity index is 497. The van der Waals surface area contributed by atoms with Crippen molar-refractivity contribution in [1.82, 2.24) is 14.2 Å². The van der Waals surface area contributed by atoms with Crippen LogP contribution in [0.15, 0.2) is 29.5 Å². The Balaban J connectivity index is 2.57. The molecule has 2 aromatic heterocycles. The molecule has 2 rings (SSSR count). The molecule has 0 saturated heterocycles. The van der Waals surface area contributed by atoms with Gasteiger partial charge in [-0.05, 0) is 13.0 Å². The second-order valence-electron chi connectivity index (χ2n) is 3.39. The summed E-state index contributed by atoms with van der Waals surface area (Å²) in [4.78, 5) is 11.8. The van der Waals surface area contributed by atoms with Gasteiger partial charge in [0.2, 0.25) is 0 Å². The molecule has 0 aromatic carbocycles. The molecular weight excluding hydrogens is 180 g/mol. The third kappa shape index (κ3) is 1.42. The maximum atomic E-state index is 11.8. The molecule has 1 atom stereocenters. The molecule has 2 heterocycles. The molecule has 2 aromatic rings. The fourth-order valence-corrected chi connectivity index (χ4v) is 1.41. The second-order valence-corrected chi connectivity index (χ2v) is 3.39. The summed E-state index contributed by atoms with van der Waals surface area (Å²) in [5.41, 5.74) is 6.15. The van der Waals surface area contributed by atoms with Gasteiger partial charge in [0.15, 0.2) is 0 Å². The van der Waals surface area contributed by atoms with E-state index in [9.17, 15) is 4.79 Å². The fraction of sp³-hybridized carbons (Fsp3) is 0.333. The number of nitrogens with zero attached hydrogens (tertiary/aromatic N) is 3. The summed E-state index contributed by atoms with van der Waals surface area (Å²) < 4.78 is 3.15. The second kappa shape index (κ2) is 3.26. The lowest BCUT2D eigenvalue weighted by atomic mass is 10.3. The predicted octanol–water partition coefficient (Wildman–Crippen LogP) is -0.157. The van der Waals surface area contributed by atoms with Gasteiger partial charge in [-0.1, -0.05) is 0 Å². The van der Waals surface area contributed by atoms with E-state index >= 15 is 0 Å². The average molecular weight is 192 g/mol. The number of fused-ring (bicyclic) bond motifs is 1. The first-order chi connectivity index (χ1) is 6.68. The lowest BCUT2D eigenvalue weighted by molar-refractivity contribution is 0.571. The Hall–Kier alpha value is -1.62. The first kappa shape index (κ1) is 8.96. The molecule has 2 N–H and O–H groups in total. The van der Waals surface area contributed by atoms with E-state index in [2.05, 4.69) is 5.10 Å². The van der Waals surface area contributed by atoms with E-state index in [0.717, 1.165) is 0 Å².